The van der Waals surface area contributed by atoms with Gasteiger partial charge in [-0.2, -0.15) is 0 Å². The number of methoxy groups -OCH3 is 2. The minimum Gasteiger partial charge on any atom is -0.493 e. The molecule has 2 amide bonds. The number of morpholine rings is 1. The third-order valence-electron chi connectivity index (χ3n) is 7.76. The number of ether oxygens (including phenoxy) is 3. The largest absolute Gasteiger partial charge is 0.493 e. The van der Waals surface area contributed by atoms with Crippen LogP contribution in [0.1, 0.15) is 44.1 Å². The average Bonchev–Trinajstić information content (AvgIpc) is 3.27. The van der Waals surface area contributed by atoms with Crippen LogP contribution in [0, 0.1) is 5.92 Å². The molecule has 0 spiro atoms. The molecule has 1 unspecified atom stereocenters. The molecule has 34 heavy (non-hydrogen) atoms. The first-order valence-corrected chi connectivity index (χ1v) is 12.6. The third-order valence-corrected chi connectivity index (χ3v) is 7.76. The number of nitrogens with one attached hydrogen (secondary N) is 1. The fourth-order valence-corrected chi connectivity index (χ4v) is 5.71. The summed E-state index contributed by atoms with van der Waals surface area (Å²) < 4.78 is 16.2. The van der Waals surface area contributed by atoms with Gasteiger partial charge >= 0.3 is 0 Å². The fourth-order valence-electron chi connectivity index (χ4n) is 5.71. The van der Waals surface area contributed by atoms with Crippen molar-refractivity contribution in [3.05, 3.63) is 23.8 Å². The lowest BCUT2D eigenvalue weighted by Gasteiger charge is -2.48. The number of nitrogens with zero attached hydrogens (tertiary/aromatic N) is 2. The molecule has 8 heteroatoms. The van der Waals surface area contributed by atoms with Gasteiger partial charge < -0.3 is 24.4 Å². The summed E-state index contributed by atoms with van der Waals surface area (Å²) in [6.07, 6.45) is 6.93. The van der Waals surface area contributed by atoms with Crippen molar-refractivity contribution < 1.29 is 23.8 Å². The molecule has 0 bridgehead atoms. The minimum atomic E-state index is -0.275. The van der Waals surface area contributed by atoms with Crippen molar-refractivity contribution >= 4 is 11.8 Å². The van der Waals surface area contributed by atoms with Gasteiger partial charge in [-0.3, -0.25) is 14.5 Å². The topological polar surface area (TPSA) is 80.3 Å². The van der Waals surface area contributed by atoms with Crippen LogP contribution in [0.15, 0.2) is 18.2 Å². The van der Waals surface area contributed by atoms with Gasteiger partial charge in [-0.1, -0.05) is 25.3 Å². The quantitative estimate of drug-likeness (QED) is 0.593. The van der Waals surface area contributed by atoms with Crippen LogP contribution >= 0.6 is 0 Å². The lowest BCUT2D eigenvalue weighted by molar-refractivity contribution is -0.129. The van der Waals surface area contributed by atoms with Crippen LogP contribution in [0.2, 0.25) is 0 Å². The van der Waals surface area contributed by atoms with Crippen molar-refractivity contribution in [2.75, 3.05) is 60.2 Å². The first-order valence-electron chi connectivity index (χ1n) is 12.6. The second kappa shape index (κ2) is 11.4. The highest BCUT2D eigenvalue weighted by Gasteiger charge is 2.40. The number of rotatable bonds is 9. The molecule has 8 nitrogen and oxygen atoms in total. The SMILES string of the molecule is COc1ccc(CCN2CC(C(=O)NCC3(N4CCOCC4)CCCCC3)CC2=O)cc1OC. The van der Waals surface area contributed by atoms with Gasteiger partial charge in [0, 0.05) is 44.7 Å². The lowest BCUT2D eigenvalue weighted by atomic mass is 9.79. The molecular weight excluding hydrogens is 434 g/mol. The molecule has 1 N–H and O–H groups in total. The normalized spacial score (nSPS) is 23.1. The van der Waals surface area contributed by atoms with Crippen LogP contribution < -0.4 is 14.8 Å². The van der Waals surface area contributed by atoms with Gasteiger partial charge in [0.2, 0.25) is 11.8 Å². The highest BCUT2D eigenvalue weighted by atomic mass is 16.5. The highest BCUT2D eigenvalue weighted by molar-refractivity contribution is 5.89. The second-order valence-electron chi connectivity index (χ2n) is 9.78. The molecule has 2 saturated heterocycles. The zero-order chi connectivity index (χ0) is 24.0. The Labute approximate surface area is 202 Å². The maximum Gasteiger partial charge on any atom is 0.225 e. The Bertz CT molecular complexity index is 849. The molecule has 1 saturated carbocycles. The first-order chi connectivity index (χ1) is 16.5. The number of likely N-dealkylation sites (tertiary alicyclic amines) is 1. The number of hydrogen-bond acceptors (Lipinski definition) is 6. The van der Waals surface area contributed by atoms with E-state index in [0.717, 1.165) is 44.7 Å². The van der Waals surface area contributed by atoms with E-state index in [2.05, 4.69) is 10.2 Å². The Hall–Kier alpha value is -2.32. The van der Waals surface area contributed by atoms with Gasteiger partial charge in [-0.05, 0) is 37.0 Å². The van der Waals surface area contributed by atoms with E-state index in [0.29, 0.717) is 44.0 Å². The van der Waals surface area contributed by atoms with Gasteiger partial charge in [0.05, 0.1) is 33.4 Å². The predicted molar refractivity (Wildman–Crippen MR) is 129 cm³/mol. The molecule has 1 aromatic carbocycles. The lowest BCUT2D eigenvalue weighted by Crippen LogP contribution is -2.60. The number of hydrogen-bond donors (Lipinski definition) is 1. The molecule has 3 aliphatic rings. The first kappa shape index (κ1) is 24.8. The van der Waals surface area contributed by atoms with E-state index in [9.17, 15) is 9.59 Å². The van der Waals surface area contributed by atoms with Crippen LogP contribution in [0.3, 0.4) is 0 Å². The van der Waals surface area contributed by atoms with E-state index in [1.807, 2.05) is 23.1 Å². The zero-order valence-electron chi connectivity index (χ0n) is 20.6. The number of carbonyl (C=O) groups is 2. The van der Waals surface area contributed by atoms with Gasteiger partial charge in [0.15, 0.2) is 11.5 Å². The zero-order valence-corrected chi connectivity index (χ0v) is 20.6. The van der Waals surface area contributed by atoms with Gasteiger partial charge in [-0.25, -0.2) is 0 Å². The van der Waals surface area contributed by atoms with E-state index in [-0.39, 0.29) is 23.3 Å². The summed E-state index contributed by atoms with van der Waals surface area (Å²) in [7, 11) is 3.23. The van der Waals surface area contributed by atoms with Crippen LogP contribution in [0.4, 0.5) is 0 Å². The summed E-state index contributed by atoms with van der Waals surface area (Å²) in [6.45, 7) is 5.15. The molecule has 2 heterocycles. The van der Waals surface area contributed by atoms with Gasteiger partial charge in [0.1, 0.15) is 0 Å². The van der Waals surface area contributed by atoms with Crippen LogP contribution in [0.5, 0.6) is 11.5 Å². The predicted octanol–water partition coefficient (Wildman–Crippen LogP) is 2.25. The molecular formula is C26H39N3O5. The van der Waals surface area contributed by atoms with Crippen molar-refractivity contribution in [1.82, 2.24) is 15.1 Å². The smallest absolute Gasteiger partial charge is 0.225 e. The Morgan fingerprint density at radius 2 is 1.85 bits per heavy atom. The summed E-state index contributed by atoms with van der Waals surface area (Å²) >= 11 is 0. The molecule has 2 aliphatic heterocycles. The summed E-state index contributed by atoms with van der Waals surface area (Å²) in [5.41, 5.74) is 1.11. The van der Waals surface area contributed by atoms with Crippen molar-refractivity contribution in [3.63, 3.8) is 0 Å². The Morgan fingerprint density at radius 3 is 2.56 bits per heavy atom. The minimum absolute atomic E-state index is 0.0141. The van der Waals surface area contributed by atoms with E-state index in [1.54, 1.807) is 14.2 Å². The number of carbonyl (C=O) groups excluding carboxylic acids is 2. The van der Waals surface area contributed by atoms with E-state index in [4.69, 9.17) is 14.2 Å². The number of amides is 2. The number of benzene rings is 1. The summed E-state index contributed by atoms with van der Waals surface area (Å²) in [5.74, 6) is 1.17. The van der Waals surface area contributed by atoms with E-state index in [1.165, 1.54) is 19.3 Å². The Balaban J connectivity index is 1.30. The molecule has 3 fully saturated rings. The van der Waals surface area contributed by atoms with Crippen molar-refractivity contribution in [1.29, 1.82) is 0 Å². The second-order valence-corrected chi connectivity index (χ2v) is 9.78. The monoisotopic (exact) mass is 473 g/mol. The van der Waals surface area contributed by atoms with E-state index >= 15 is 0 Å². The molecule has 188 valence electrons. The fraction of sp³-hybridized carbons (Fsp3) is 0.692. The maximum absolute atomic E-state index is 13.1. The standard InChI is InChI=1S/C26H39N3O5/c1-32-22-7-6-20(16-23(22)33-2)8-11-28-18-21(17-24(28)30)25(31)27-19-26(9-4-3-5-10-26)29-12-14-34-15-13-29/h6-7,16,21H,3-5,8-15,17-19H2,1-2H3,(H,27,31). The average molecular weight is 474 g/mol. The molecule has 0 aromatic heterocycles. The van der Waals surface area contributed by atoms with Gasteiger partial charge in [-0.15, -0.1) is 0 Å². The summed E-state index contributed by atoms with van der Waals surface area (Å²) in [5, 5.41) is 3.24. The molecule has 4 rings (SSSR count). The third kappa shape index (κ3) is 5.66. The van der Waals surface area contributed by atoms with Crippen LogP contribution in [0.25, 0.3) is 0 Å². The highest BCUT2D eigenvalue weighted by Crippen LogP contribution is 2.34. The van der Waals surface area contributed by atoms with E-state index < -0.39 is 0 Å². The Kier molecular flexibility index (Phi) is 8.32. The molecule has 1 atom stereocenters. The van der Waals surface area contributed by atoms with Crippen molar-refractivity contribution in [2.45, 2.75) is 50.5 Å². The van der Waals surface area contributed by atoms with Crippen LogP contribution in [-0.2, 0) is 20.7 Å². The summed E-state index contributed by atoms with van der Waals surface area (Å²) in [4.78, 5) is 30.0. The van der Waals surface area contributed by atoms with Crippen LogP contribution in [-0.4, -0.2) is 87.3 Å². The molecule has 1 aliphatic carbocycles. The molecule has 1 aromatic rings. The Morgan fingerprint density at radius 1 is 1.12 bits per heavy atom. The summed E-state index contributed by atoms with van der Waals surface area (Å²) in [6, 6.07) is 5.81. The van der Waals surface area contributed by atoms with Gasteiger partial charge in [0.25, 0.3) is 0 Å². The van der Waals surface area contributed by atoms with Crippen molar-refractivity contribution in [2.24, 2.45) is 5.92 Å². The maximum atomic E-state index is 13.1. The van der Waals surface area contributed by atoms with Crippen molar-refractivity contribution in [3.8, 4) is 11.5 Å². The molecule has 0 radical (unpaired) electrons.